The minimum Gasteiger partial charge on any atom is -0.494 e. The van der Waals surface area contributed by atoms with Gasteiger partial charge in [-0.3, -0.25) is 4.79 Å². The molecule has 26 heavy (non-hydrogen) atoms. The van der Waals surface area contributed by atoms with Crippen LogP contribution >= 0.6 is 11.8 Å². The van der Waals surface area contributed by atoms with Gasteiger partial charge in [0.2, 0.25) is 0 Å². The van der Waals surface area contributed by atoms with Gasteiger partial charge in [0.1, 0.15) is 5.75 Å². The zero-order valence-electron chi connectivity index (χ0n) is 15.1. The number of carbonyl (C=O) groups excluding carboxylic acids is 1. The van der Waals surface area contributed by atoms with Crippen LogP contribution in [0.4, 0.5) is 0 Å². The molecular weight excluding hydrogens is 346 g/mol. The lowest BCUT2D eigenvalue weighted by Gasteiger charge is -2.14. The number of hydrogen-bond acceptors (Lipinski definition) is 4. The van der Waals surface area contributed by atoms with Crippen LogP contribution in [0.3, 0.4) is 0 Å². The van der Waals surface area contributed by atoms with Crippen molar-refractivity contribution in [3.8, 4) is 5.75 Å². The van der Waals surface area contributed by atoms with Gasteiger partial charge in [0.25, 0.3) is 5.91 Å². The summed E-state index contributed by atoms with van der Waals surface area (Å²) in [5.74, 6) is 1.53. The van der Waals surface area contributed by atoms with Crippen LogP contribution in [-0.4, -0.2) is 31.8 Å². The summed E-state index contributed by atoms with van der Waals surface area (Å²) in [5, 5.41) is 2.98. The van der Waals surface area contributed by atoms with E-state index in [1.54, 1.807) is 11.8 Å². The van der Waals surface area contributed by atoms with Gasteiger partial charge in [-0.1, -0.05) is 18.2 Å². The Kier molecular flexibility index (Phi) is 6.97. The Bertz CT molecular complexity index is 714. The van der Waals surface area contributed by atoms with Gasteiger partial charge in [-0.25, -0.2) is 0 Å². The molecule has 1 aliphatic heterocycles. The first-order chi connectivity index (χ1) is 12.8. The molecule has 0 radical (unpaired) electrons. The van der Waals surface area contributed by atoms with Gasteiger partial charge in [-0.05, 0) is 50.1 Å². The number of nitrogens with one attached hydrogen (secondary N) is 1. The van der Waals surface area contributed by atoms with Crippen LogP contribution in [0, 0.1) is 0 Å². The van der Waals surface area contributed by atoms with Crippen molar-refractivity contribution in [3.63, 3.8) is 0 Å². The Hall–Kier alpha value is -1.98. The standard InChI is InChI=1S/C21H25NO3S/c1-2-24-20-11-10-16(21(23)22-14-18-7-6-12-25-18)13-17(20)15-26-19-8-4-3-5-9-19/h3-5,8-11,13,18H,2,6-7,12,14-15H2,1H3,(H,22,23)/t18-/m1/s1. The average molecular weight is 372 g/mol. The first kappa shape index (κ1) is 18.8. The van der Waals surface area contributed by atoms with Crippen LogP contribution in [0.1, 0.15) is 35.7 Å². The molecule has 1 fully saturated rings. The zero-order valence-corrected chi connectivity index (χ0v) is 15.9. The average Bonchev–Trinajstić information content (AvgIpc) is 3.20. The van der Waals surface area contributed by atoms with Crippen LogP contribution in [0.25, 0.3) is 0 Å². The fourth-order valence-corrected chi connectivity index (χ4v) is 3.82. The van der Waals surface area contributed by atoms with Gasteiger partial charge in [-0.15, -0.1) is 11.8 Å². The lowest BCUT2D eigenvalue weighted by Crippen LogP contribution is -2.31. The Balaban J connectivity index is 1.67. The molecule has 1 N–H and O–H groups in total. The Labute approximate surface area is 159 Å². The molecule has 4 nitrogen and oxygen atoms in total. The fraction of sp³-hybridized carbons (Fsp3) is 0.381. The number of amides is 1. The van der Waals surface area contributed by atoms with Crippen LogP contribution < -0.4 is 10.1 Å². The van der Waals surface area contributed by atoms with Gasteiger partial charge >= 0.3 is 0 Å². The molecule has 1 saturated heterocycles. The van der Waals surface area contributed by atoms with E-state index < -0.39 is 0 Å². The Morgan fingerprint density at radius 3 is 2.85 bits per heavy atom. The molecule has 0 unspecified atom stereocenters. The minimum atomic E-state index is -0.0606. The van der Waals surface area contributed by atoms with E-state index in [-0.39, 0.29) is 12.0 Å². The van der Waals surface area contributed by atoms with Crippen molar-refractivity contribution in [3.05, 3.63) is 59.7 Å². The molecule has 2 aromatic carbocycles. The van der Waals surface area contributed by atoms with Crippen molar-refractivity contribution in [2.24, 2.45) is 0 Å². The van der Waals surface area contributed by atoms with Crippen LogP contribution in [0.5, 0.6) is 5.75 Å². The molecule has 5 heteroatoms. The highest BCUT2D eigenvalue weighted by Crippen LogP contribution is 2.29. The van der Waals surface area contributed by atoms with E-state index in [9.17, 15) is 4.79 Å². The van der Waals surface area contributed by atoms with E-state index in [0.29, 0.717) is 18.7 Å². The number of hydrogen-bond donors (Lipinski definition) is 1. The molecule has 0 aromatic heterocycles. The fourth-order valence-electron chi connectivity index (χ4n) is 2.92. The maximum Gasteiger partial charge on any atom is 0.251 e. The molecule has 0 bridgehead atoms. The highest BCUT2D eigenvalue weighted by Gasteiger charge is 2.17. The third kappa shape index (κ3) is 5.26. The monoisotopic (exact) mass is 371 g/mol. The summed E-state index contributed by atoms with van der Waals surface area (Å²) in [7, 11) is 0. The molecular formula is C21H25NO3S. The first-order valence-electron chi connectivity index (χ1n) is 9.09. The van der Waals surface area contributed by atoms with E-state index in [4.69, 9.17) is 9.47 Å². The first-order valence-corrected chi connectivity index (χ1v) is 10.1. The van der Waals surface area contributed by atoms with Gasteiger partial charge in [0.15, 0.2) is 0 Å². The molecule has 1 heterocycles. The Morgan fingerprint density at radius 1 is 1.27 bits per heavy atom. The summed E-state index contributed by atoms with van der Waals surface area (Å²) in [4.78, 5) is 13.7. The van der Waals surface area contributed by atoms with E-state index in [0.717, 1.165) is 36.5 Å². The zero-order chi connectivity index (χ0) is 18.2. The lowest BCUT2D eigenvalue weighted by atomic mass is 10.1. The van der Waals surface area contributed by atoms with Gasteiger partial charge in [-0.2, -0.15) is 0 Å². The second-order valence-corrected chi connectivity index (χ2v) is 7.25. The molecule has 0 aliphatic carbocycles. The summed E-state index contributed by atoms with van der Waals surface area (Å²) in [6.07, 6.45) is 2.24. The quantitative estimate of drug-likeness (QED) is 0.704. The third-order valence-electron chi connectivity index (χ3n) is 4.27. The lowest BCUT2D eigenvalue weighted by molar-refractivity contribution is 0.0857. The summed E-state index contributed by atoms with van der Waals surface area (Å²) in [5.41, 5.74) is 1.69. The van der Waals surface area contributed by atoms with Gasteiger partial charge < -0.3 is 14.8 Å². The molecule has 2 aromatic rings. The van der Waals surface area contributed by atoms with E-state index in [1.165, 1.54) is 4.90 Å². The van der Waals surface area contributed by atoms with Crippen molar-refractivity contribution in [2.75, 3.05) is 19.8 Å². The molecule has 0 spiro atoms. The highest BCUT2D eigenvalue weighted by molar-refractivity contribution is 7.98. The maximum absolute atomic E-state index is 12.5. The summed E-state index contributed by atoms with van der Waals surface area (Å²) >= 11 is 1.74. The van der Waals surface area contributed by atoms with Crippen molar-refractivity contribution in [1.82, 2.24) is 5.32 Å². The summed E-state index contributed by atoms with van der Waals surface area (Å²) < 4.78 is 11.3. The minimum absolute atomic E-state index is 0.0606. The van der Waals surface area contributed by atoms with Crippen molar-refractivity contribution >= 4 is 17.7 Å². The molecule has 1 aliphatic rings. The number of carbonyl (C=O) groups is 1. The van der Waals surface area contributed by atoms with Crippen LogP contribution in [-0.2, 0) is 10.5 Å². The second-order valence-electron chi connectivity index (χ2n) is 6.20. The second kappa shape index (κ2) is 9.64. The van der Waals surface area contributed by atoms with Gasteiger partial charge in [0.05, 0.1) is 12.7 Å². The summed E-state index contributed by atoms with van der Waals surface area (Å²) in [6.45, 7) is 3.94. The molecule has 0 saturated carbocycles. The van der Waals surface area contributed by atoms with E-state index >= 15 is 0 Å². The molecule has 3 rings (SSSR count). The number of benzene rings is 2. The molecule has 1 amide bonds. The van der Waals surface area contributed by atoms with E-state index in [1.807, 2.05) is 43.3 Å². The number of rotatable bonds is 8. The van der Waals surface area contributed by atoms with Crippen LogP contribution in [0.15, 0.2) is 53.4 Å². The highest BCUT2D eigenvalue weighted by atomic mass is 32.2. The van der Waals surface area contributed by atoms with Crippen molar-refractivity contribution < 1.29 is 14.3 Å². The van der Waals surface area contributed by atoms with E-state index in [2.05, 4.69) is 17.4 Å². The topological polar surface area (TPSA) is 47.6 Å². The van der Waals surface area contributed by atoms with Gasteiger partial charge in [0, 0.05) is 34.9 Å². The normalized spacial score (nSPS) is 16.4. The molecule has 138 valence electrons. The van der Waals surface area contributed by atoms with Crippen molar-refractivity contribution in [1.29, 1.82) is 0 Å². The number of thioether (sulfide) groups is 1. The predicted molar refractivity (Wildman–Crippen MR) is 105 cm³/mol. The smallest absolute Gasteiger partial charge is 0.251 e. The molecule has 1 atom stereocenters. The Morgan fingerprint density at radius 2 is 2.12 bits per heavy atom. The SMILES string of the molecule is CCOc1ccc(C(=O)NC[C@H]2CCCO2)cc1CSc1ccccc1. The predicted octanol–water partition coefficient (Wildman–Crippen LogP) is 4.29. The summed E-state index contributed by atoms with van der Waals surface area (Å²) in [6, 6.07) is 15.9. The third-order valence-corrected chi connectivity index (χ3v) is 5.34. The maximum atomic E-state index is 12.5. The van der Waals surface area contributed by atoms with Crippen molar-refractivity contribution in [2.45, 2.75) is 36.5 Å². The van der Waals surface area contributed by atoms with Crippen LogP contribution in [0.2, 0.25) is 0 Å². The number of ether oxygens (including phenoxy) is 2. The largest absolute Gasteiger partial charge is 0.494 e.